The van der Waals surface area contributed by atoms with Crippen LogP contribution in [0.15, 0.2) is 4.99 Å². The lowest BCUT2D eigenvalue weighted by molar-refractivity contribution is -0.137. The molecule has 0 heterocycles. The number of amides is 1. The van der Waals surface area contributed by atoms with Crippen LogP contribution in [0, 0.1) is 0 Å². The van der Waals surface area contributed by atoms with E-state index in [-0.39, 0.29) is 11.9 Å². The second kappa shape index (κ2) is 30.2. The Hall–Kier alpha value is -1.79. The van der Waals surface area contributed by atoms with Gasteiger partial charge < -0.3 is 21.9 Å². The fourth-order valence-electron chi connectivity index (χ4n) is 3.79. The molecule has 0 aliphatic rings. The average Bonchev–Trinajstić information content (AvgIpc) is 2.82. The molecular weight excluding hydrogens is 440 g/mol. The minimum absolute atomic E-state index is 0.107. The largest absolute Gasteiger partial charge is 0.481 e. The highest BCUT2D eigenvalue weighted by Gasteiger charge is 2.00. The van der Waals surface area contributed by atoms with E-state index in [1.54, 1.807) is 0 Å². The number of hydrogen-bond donors (Lipinski definition) is 4. The number of nitrogens with zero attached hydrogens (tertiary/aromatic N) is 1. The van der Waals surface area contributed by atoms with Gasteiger partial charge in [-0.3, -0.25) is 14.6 Å². The van der Waals surface area contributed by atoms with Crippen molar-refractivity contribution in [2.24, 2.45) is 16.5 Å². The molecule has 1 amide bonds. The molecule has 7 heteroatoms. The van der Waals surface area contributed by atoms with Gasteiger partial charge in [-0.2, -0.15) is 0 Å². The highest BCUT2D eigenvalue weighted by atomic mass is 16.4. The number of nitrogens with two attached hydrogens (primary N) is 2. The van der Waals surface area contributed by atoms with Gasteiger partial charge in [-0.15, -0.1) is 0 Å². The van der Waals surface area contributed by atoms with Crippen molar-refractivity contribution in [3.63, 3.8) is 0 Å². The molecule has 0 unspecified atom stereocenters. The van der Waals surface area contributed by atoms with E-state index in [2.05, 4.69) is 24.2 Å². The first-order valence-electron chi connectivity index (χ1n) is 14.5. The first-order chi connectivity index (χ1) is 16.9. The minimum atomic E-state index is -0.659. The van der Waals surface area contributed by atoms with E-state index >= 15 is 0 Å². The average molecular weight is 499 g/mol. The van der Waals surface area contributed by atoms with Crippen LogP contribution in [0.1, 0.15) is 149 Å². The van der Waals surface area contributed by atoms with Crippen LogP contribution in [0.4, 0.5) is 0 Å². The number of nitrogens with one attached hydrogen (secondary N) is 1. The van der Waals surface area contributed by atoms with Crippen molar-refractivity contribution in [3.05, 3.63) is 0 Å². The van der Waals surface area contributed by atoms with Crippen LogP contribution in [-0.4, -0.2) is 36.0 Å². The van der Waals surface area contributed by atoms with Gasteiger partial charge in [0, 0.05) is 25.9 Å². The molecule has 0 aromatic rings. The van der Waals surface area contributed by atoms with Crippen molar-refractivity contribution in [2.75, 3.05) is 13.1 Å². The number of carboxylic acids is 1. The molecule has 0 radical (unpaired) electrons. The Morgan fingerprint density at radius 1 is 0.629 bits per heavy atom. The summed E-state index contributed by atoms with van der Waals surface area (Å²) in [7, 11) is 0. The number of carbonyl (C=O) groups excluding carboxylic acids is 1. The molecule has 6 N–H and O–H groups in total. The molecule has 0 atom stereocenters. The molecule has 0 saturated carbocycles. The molecule has 208 valence electrons. The summed E-state index contributed by atoms with van der Waals surface area (Å²) in [6, 6.07) is 0. The number of rotatable bonds is 24. The zero-order chi connectivity index (χ0) is 26.4. The van der Waals surface area contributed by atoms with Gasteiger partial charge >= 0.3 is 5.97 Å². The molecule has 0 fully saturated rings. The van der Waals surface area contributed by atoms with Gasteiger partial charge in [-0.05, 0) is 19.3 Å². The summed E-state index contributed by atoms with van der Waals surface area (Å²) < 4.78 is 0. The second-order valence-electron chi connectivity index (χ2n) is 9.56. The van der Waals surface area contributed by atoms with Crippen LogP contribution in [0.2, 0.25) is 0 Å². The molecule has 0 aliphatic carbocycles. The third kappa shape index (κ3) is 36.9. The van der Waals surface area contributed by atoms with Gasteiger partial charge in [0.1, 0.15) is 0 Å². The molecule has 0 rings (SSSR count). The zero-order valence-electron chi connectivity index (χ0n) is 23.1. The predicted octanol–water partition coefficient (Wildman–Crippen LogP) is 6.68. The summed E-state index contributed by atoms with van der Waals surface area (Å²) >= 11 is 0. The molecule has 0 saturated heterocycles. The highest BCUT2D eigenvalue weighted by molar-refractivity contribution is 5.76. The van der Waals surface area contributed by atoms with Crippen molar-refractivity contribution in [1.29, 1.82) is 0 Å². The number of unbranched alkanes of at least 4 members (excludes halogenated alkanes) is 16. The topological polar surface area (TPSA) is 131 Å². The lowest BCUT2D eigenvalue weighted by Gasteiger charge is -2.04. The van der Waals surface area contributed by atoms with E-state index in [4.69, 9.17) is 16.6 Å². The van der Waals surface area contributed by atoms with E-state index in [1.165, 1.54) is 89.9 Å². The molecule has 35 heavy (non-hydrogen) atoms. The Balaban J connectivity index is 0. The first-order valence-corrected chi connectivity index (χ1v) is 14.5. The zero-order valence-corrected chi connectivity index (χ0v) is 23.1. The second-order valence-corrected chi connectivity index (χ2v) is 9.56. The van der Waals surface area contributed by atoms with Gasteiger partial charge in [-0.25, -0.2) is 0 Å². The Kier molecular flexibility index (Phi) is 30.6. The maximum absolute atomic E-state index is 11.6. The summed E-state index contributed by atoms with van der Waals surface area (Å²) in [5.41, 5.74) is 10.4. The van der Waals surface area contributed by atoms with Crippen molar-refractivity contribution in [3.8, 4) is 0 Å². The Bertz CT molecular complexity index is 495. The number of aliphatic carboxylic acids is 1. The maximum Gasteiger partial charge on any atom is 0.303 e. The van der Waals surface area contributed by atoms with Crippen molar-refractivity contribution < 1.29 is 14.7 Å². The smallest absolute Gasteiger partial charge is 0.303 e. The number of hydrogen-bond acceptors (Lipinski definition) is 3. The first kappa shape index (κ1) is 35.4. The van der Waals surface area contributed by atoms with E-state index < -0.39 is 5.97 Å². The predicted molar refractivity (Wildman–Crippen MR) is 150 cm³/mol. The number of guanidine groups is 1. The molecule has 0 spiro atoms. The molecular formula is C28H58N4O3. The normalized spacial score (nSPS) is 10.3. The van der Waals surface area contributed by atoms with E-state index in [0.717, 1.165) is 32.1 Å². The summed E-state index contributed by atoms with van der Waals surface area (Å²) in [5, 5.41) is 11.3. The third-order valence-corrected chi connectivity index (χ3v) is 5.95. The minimum Gasteiger partial charge on any atom is -0.481 e. The Morgan fingerprint density at radius 2 is 1.03 bits per heavy atom. The maximum atomic E-state index is 11.6. The number of aliphatic imine (C=N–C) groups is 1. The van der Waals surface area contributed by atoms with Gasteiger partial charge in [0.2, 0.25) is 5.91 Å². The Labute approximate surface area is 216 Å². The van der Waals surface area contributed by atoms with Crippen LogP contribution in [0.3, 0.4) is 0 Å². The van der Waals surface area contributed by atoms with Crippen LogP contribution in [-0.2, 0) is 9.59 Å². The van der Waals surface area contributed by atoms with Crippen molar-refractivity contribution >= 4 is 17.8 Å². The molecule has 0 aromatic carbocycles. The summed E-state index contributed by atoms with van der Waals surface area (Å²) in [5.74, 6) is -0.411. The summed E-state index contributed by atoms with van der Waals surface area (Å²) in [6.07, 6.45) is 24.4. The third-order valence-electron chi connectivity index (χ3n) is 5.95. The van der Waals surface area contributed by atoms with Gasteiger partial charge in [0.05, 0.1) is 0 Å². The standard InChI is InChI=1S/C16H34N4O.C12H24O2/c1-2-3-4-5-6-7-8-9-10-12-15(21)19-13-11-14-20-16(17)18;1-2-3-4-5-6-7-8-9-10-11-12(13)14/h2-14H2,1H3,(H,19,21)(H4,17,18,20);2-11H2,1H3,(H,13,14). The lowest BCUT2D eigenvalue weighted by atomic mass is 10.1. The lowest BCUT2D eigenvalue weighted by Crippen LogP contribution is -2.26. The molecule has 7 nitrogen and oxygen atoms in total. The number of carboxylic acid groups (broad SMARTS) is 1. The van der Waals surface area contributed by atoms with Crippen LogP contribution < -0.4 is 16.8 Å². The SMILES string of the molecule is CCCCCCCCCCCC(=O)NCCCN=C(N)N.CCCCCCCCCCCC(=O)O. The quantitative estimate of drug-likeness (QED) is 0.0669. The van der Waals surface area contributed by atoms with Crippen molar-refractivity contribution in [2.45, 2.75) is 149 Å². The Morgan fingerprint density at radius 3 is 1.43 bits per heavy atom. The molecule has 0 aromatic heterocycles. The van der Waals surface area contributed by atoms with Crippen LogP contribution in [0.25, 0.3) is 0 Å². The van der Waals surface area contributed by atoms with Crippen LogP contribution in [0.5, 0.6) is 0 Å². The van der Waals surface area contributed by atoms with Crippen LogP contribution >= 0.6 is 0 Å². The van der Waals surface area contributed by atoms with E-state index in [9.17, 15) is 9.59 Å². The van der Waals surface area contributed by atoms with E-state index in [0.29, 0.717) is 25.9 Å². The number of carbonyl (C=O) groups is 2. The van der Waals surface area contributed by atoms with Gasteiger partial charge in [-0.1, -0.05) is 117 Å². The highest BCUT2D eigenvalue weighted by Crippen LogP contribution is 2.11. The van der Waals surface area contributed by atoms with Gasteiger partial charge in [0.25, 0.3) is 0 Å². The monoisotopic (exact) mass is 498 g/mol. The molecule has 0 aliphatic heterocycles. The van der Waals surface area contributed by atoms with Gasteiger partial charge in [0.15, 0.2) is 5.96 Å². The fraction of sp³-hybridized carbons (Fsp3) is 0.893. The fourth-order valence-corrected chi connectivity index (χ4v) is 3.79. The summed E-state index contributed by atoms with van der Waals surface area (Å²) in [6.45, 7) is 5.69. The van der Waals surface area contributed by atoms with Crippen molar-refractivity contribution in [1.82, 2.24) is 5.32 Å². The van der Waals surface area contributed by atoms with E-state index in [1.807, 2.05) is 0 Å². The molecule has 0 bridgehead atoms. The summed E-state index contributed by atoms with van der Waals surface area (Å²) in [4.78, 5) is 25.6.